The minimum atomic E-state index is -0.596. The third-order valence-electron chi connectivity index (χ3n) is 5.17. The van der Waals surface area contributed by atoms with Crippen LogP contribution in [0, 0.1) is 5.92 Å². The maximum atomic E-state index is 12.7. The second-order valence-electron chi connectivity index (χ2n) is 7.39. The molecule has 0 bridgehead atoms. The molecular weight excluding hydrogens is 358 g/mol. The number of para-hydroxylation sites is 1. The van der Waals surface area contributed by atoms with Gasteiger partial charge in [-0.25, -0.2) is 5.48 Å². The number of carbonyl (C=O) groups excluding carboxylic acids is 3. The number of anilines is 1. The maximum Gasteiger partial charge on any atom is 0.246 e. The van der Waals surface area contributed by atoms with Crippen molar-refractivity contribution in [3.05, 3.63) is 30.3 Å². The van der Waals surface area contributed by atoms with E-state index in [1.165, 1.54) is 6.42 Å². The Morgan fingerprint density at radius 1 is 1.00 bits per heavy atom. The summed E-state index contributed by atoms with van der Waals surface area (Å²) in [7, 11) is 0. The Labute approximate surface area is 166 Å². The van der Waals surface area contributed by atoms with Gasteiger partial charge in [-0.05, 0) is 37.8 Å². The summed E-state index contributed by atoms with van der Waals surface area (Å²) in [5.41, 5.74) is 2.31. The Kier molecular flexibility index (Phi) is 9.48. The summed E-state index contributed by atoms with van der Waals surface area (Å²) in [6.07, 6.45) is 7.88. The monoisotopic (exact) mass is 389 g/mol. The largest absolute Gasteiger partial charge is 0.344 e. The van der Waals surface area contributed by atoms with E-state index in [0.717, 1.165) is 32.1 Å². The molecule has 1 unspecified atom stereocenters. The van der Waals surface area contributed by atoms with Crippen LogP contribution in [-0.2, 0) is 14.4 Å². The smallest absolute Gasteiger partial charge is 0.246 e. The first-order chi connectivity index (χ1) is 13.6. The SMILES string of the molecule is O=C(CCCCCC(NC(=O)C1CCCCC1)C(=O)Nc1ccccc1)NO. The molecule has 1 aliphatic rings. The van der Waals surface area contributed by atoms with Crippen molar-refractivity contribution in [3.63, 3.8) is 0 Å². The van der Waals surface area contributed by atoms with E-state index in [4.69, 9.17) is 5.21 Å². The molecule has 0 aromatic heterocycles. The highest BCUT2D eigenvalue weighted by molar-refractivity contribution is 5.97. The number of unbranched alkanes of at least 4 members (excludes halogenated alkanes) is 2. The molecule has 1 fully saturated rings. The minimum Gasteiger partial charge on any atom is -0.344 e. The van der Waals surface area contributed by atoms with Crippen LogP contribution < -0.4 is 16.1 Å². The summed E-state index contributed by atoms with van der Waals surface area (Å²) in [5, 5.41) is 14.3. The lowest BCUT2D eigenvalue weighted by Crippen LogP contribution is -2.46. The third-order valence-corrected chi connectivity index (χ3v) is 5.17. The van der Waals surface area contributed by atoms with E-state index in [1.807, 2.05) is 30.3 Å². The van der Waals surface area contributed by atoms with Crippen molar-refractivity contribution in [2.24, 2.45) is 5.92 Å². The molecule has 0 radical (unpaired) electrons. The summed E-state index contributed by atoms with van der Waals surface area (Å²) >= 11 is 0. The van der Waals surface area contributed by atoms with Crippen molar-refractivity contribution in [1.29, 1.82) is 0 Å². The van der Waals surface area contributed by atoms with Gasteiger partial charge >= 0.3 is 0 Å². The lowest BCUT2D eigenvalue weighted by atomic mass is 9.88. The van der Waals surface area contributed by atoms with Crippen molar-refractivity contribution < 1.29 is 19.6 Å². The molecule has 0 aliphatic heterocycles. The third kappa shape index (κ3) is 7.68. The highest BCUT2D eigenvalue weighted by atomic mass is 16.5. The van der Waals surface area contributed by atoms with Gasteiger partial charge in [0.2, 0.25) is 17.7 Å². The van der Waals surface area contributed by atoms with Crippen molar-refractivity contribution in [2.45, 2.75) is 70.3 Å². The summed E-state index contributed by atoms with van der Waals surface area (Å²) in [5.74, 6) is -0.672. The zero-order valence-electron chi connectivity index (χ0n) is 16.3. The number of hydrogen-bond donors (Lipinski definition) is 4. The van der Waals surface area contributed by atoms with Gasteiger partial charge in [-0.15, -0.1) is 0 Å². The normalized spacial score (nSPS) is 15.5. The van der Waals surface area contributed by atoms with Crippen LogP contribution in [0.15, 0.2) is 30.3 Å². The number of benzene rings is 1. The lowest BCUT2D eigenvalue weighted by molar-refractivity contribution is -0.130. The van der Waals surface area contributed by atoms with Crippen LogP contribution in [0.3, 0.4) is 0 Å². The van der Waals surface area contributed by atoms with Crippen LogP contribution in [-0.4, -0.2) is 29.0 Å². The van der Waals surface area contributed by atoms with E-state index < -0.39 is 11.9 Å². The second kappa shape index (κ2) is 12.1. The van der Waals surface area contributed by atoms with Gasteiger partial charge in [0.1, 0.15) is 6.04 Å². The predicted octanol–water partition coefficient (Wildman–Crippen LogP) is 3.15. The van der Waals surface area contributed by atoms with Gasteiger partial charge in [0, 0.05) is 18.0 Å². The second-order valence-corrected chi connectivity index (χ2v) is 7.39. The van der Waals surface area contributed by atoms with E-state index in [0.29, 0.717) is 24.9 Å². The van der Waals surface area contributed by atoms with Gasteiger partial charge < -0.3 is 10.6 Å². The first-order valence-electron chi connectivity index (χ1n) is 10.2. The molecule has 7 nitrogen and oxygen atoms in total. The number of hydroxylamine groups is 1. The number of amides is 3. The Morgan fingerprint density at radius 3 is 2.39 bits per heavy atom. The fourth-order valence-electron chi connectivity index (χ4n) is 3.54. The van der Waals surface area contributed by atoms with Crippen LogP contribution in [0.5, 0.6) is 0 Å². The number of carbonyl (C=O) groups is 3. The number of rotatable bonds is 10. The molecular formula is C21H31N3O4. The zero-order chi connectivity index (χ0) is 20.2. The molecule has 7 heteroatoms. The van der Waals surface area contributed by atoms with E-state index >= 15 is 0 Å². The summed E-state index contributed by atoms with van der Waals surface area (Å²) in [6, 6.07) is 8.59. The van der Waals surface area contributed by atoms with Gasteiger partial charge in [0.05, 0.1) is 0 Å². The molecule has 1 aromatic carbocycles. The Morgan fingerprint density at radius 2 is 1.71 bits per heavy atom. The van der Waals surface area contributed by atoms with Gasteiger partial charge in [-0.2, -0.15) is 0 Å². The fraction of sp³-hybridized carbons (Fsp3) is 0.571. The topological polar surface area (TPSA) is 108 Å². The van der Waals surface area contributed by atoms with Crippen molar-refractivity contribution in [1.82, 2.24) is 10.8 Å². The Balaban J connectivity index is 1.89. The van der Waals surface area contributed by atoms with Crippen molar-refractivity contribution in [3.8, 4) is 0 Å². The average Bonchev–Trinajstić information content (AvgIpc) is 2.73. The summed E-state index contributed by atoms with van der Waals surface area (Å²) < 4.78 is 0. The molecule has 3 amide bonds. The highest BCUT2D eigenvalue weighted by Crippen LogP contribution is 2.24. The fourth-order valence-corrected chi connectivity index (χ4v) is 3.54. The number of hydrogen-bond acceptors (Lipinski definition) is 4. The maximum absolute atomic E-state index is 12.7. The molecule has 0 heterocycles. The van der Waals surface area contributed by atoms with Crippen molar-refractivity contribution in [2.75, 3.05) is 5.32 Å². The van der Waals surface area contributed by atoms with Gasteiger partial charge in [0.15, 0.2) is 0 Å². The van der Waals surface area contributed by atoms with E-state index in [1.54, 1.807) is 5.48 Å². The van der Waals surface area contributed by atoms with E-state index in [2.05, 4.69) is 10.6 Å². The summed E-state index contributed by atoms with van der Waals surface area (Å²) in [6.45, 7) is 0. The van der Waals surface area contributed by atoms with Crippen LogP contribution >= 0.6 is 0 Å². The molecule has 2 rings (SSSR count). The van der Waals surface area contributed by atoms with Gasteiger partial charge in [-0.1, -0.05) is 50.3 Å². The van der Waals surface area contributed by atoms with Crippen LogP contribution in [0.1, 0.15) is 64.2 Å². The first-order valence-corrected chi connectivity index (χ1v) is 10.2. The standard InChI is InChI=1S/C21H31N3O4/c25-19(24-28)15-9-3-8-14-18(21(27)22-17-12-6-2-7-13-17)23-20(26)16-10-4-1-5-11-16/h2,6-7,12-13,16,18,28H,1,3-5,8-11,14-15H2,(H,22,27)(H,23,26)(H,24,25). The van der Waals surface area contributed by atoms with E-state index in [9.17, 15) is 14.4 Å². The molecule has 0 saturated heterocycles. The molecule has 1 saturated carbocycles. The molecule has 0 spiro atoms. The predicted molar refractivity (Wildman–Crippen MR) is 107 cm³/mol. The minimum absolute atomic E-state index is 0.00553. The molecule has 28 heavy (non-hydrogen) atoms. The van der Waals surface area contributed by atoms with Crippen LogP contribution in [0.4, 0.5) is 5.69 Å². The molecule has 154 valence electrons. The molecule has 1 aliphatic carbocycles. The molecule has 1 aromatic rings. The summed E-state index contributed by atoms with van der Waals surface area (Å²) in [4.78, 5) is 36.4. The quantitative estimate of drug-likeness (QED) is 0.280. The first kappa shape index (κ1) is 21.9. The Bertz CT molecular complexity index is 630. The van der Waals surface area contributed by atoms with Crippen LogP contribution in [0.2, 0.25) is 0 Å². The lowest BCUT2D eigenvalue weighted by Gasteiger charge is -2.24. The Hall–Kier alpha value is -2.41. The molecule has 1 atom stereocenters. The van der Waals surface area contributed by atoms with Crippen molar-refractivity contribution >= 4 is 23.4 Å². The van der Waals surface area contributed by atoms with Gasteiger partial charge in [0.25, 0.3) is 0 Å². The van der Waals surface area contributed by atoms with Gasteiger partial charge in [-0.3, -0.25) is 19.6 Å². The highest BCUT2D eigenvalue weighted by Gasteiger charge is 2.26. The van der Waals surface area contributed by atoms with E-state index in [-0.39, 0.29) is 24.2 Å². The van der Waals surface area contributed by atoms with Crippen LogP contribution in [0.25, 0.3) is 0 Å². The zero-order valence-corrected chi connectivity index (χ0v) is 16.3. The number of nitrogens with one attached hydrogen (secondary N) is 3. The molecule has 4 N–H and O–H groups in total. The average molecular weight is 389 g/mol.